The maximum Gasteiger partial charge on any atom is 0.267 e. The van der Waals surface area contributed by atoms with E-state index in [2.05, 4.69) is 340 Å². The van der Waals surface area contributed by atoms with E-state index in [9.17, 15) is 0 Å². The van der Waals surface area contributed by atoms with Crippen LogP contribution in [-0.2, 0) is 48.1 Å². The Morgan fingerprint density at radius 2 is 0.953 bits per heavy atom. The Hall–Kier alpha value is -8.37. The number of rotatable bonds is 13. The van der Waals surface area contributed by atoms with Crippen LogP contribution in [0.2, 0.25) is 0 Å². The third kappa shape index (κ3) is 11.2. The van der Waals surface area contributed by atoms with E-state index in [1.165, 1.54) is 33.4 Å². The average Bonchev–Trinajstić information content (AvgIpc) is 1.72. The normalized spacial score (nSPS) is 12.4. The smallest absolute Gasteiger partial charge is 0.267 e. The van der Waals surface area contributed by atoms with Crippen molar-refractivity contribution in [3.05, 3.63) is 294 Å². The number of hydrogen-bond donors (Lipinski definition) is 0. The molecule has 12 rings (SSSR count). The first-order valence-electron chi connectivity index (χ1n) is 29.4. The molecule has 12 aromatic rings. The van der Waals surface area contributed by atoms with Crippen LogP contribution in [0, 0.1) is 18.5 Å². The van der Waals surface area contributed by atoms with Crippen LogP contribution in [0.25, 0.3) is 61.3 Å². The minimum Gasteiger partial charge on any atom is -0.510 e. The van der Waals surface area contributed by atoms with E-state index in [0.29, 0.717) is 11.5 Å². The molecule has 9 aromatic carbocycles. The maximum atomic E-state index is 7.22. The molecule has 5 nitrogen and oxygen atoms in total. The SMILES string of the molecule is CC(C)(C)c1cc(-c2ccccc2)cc(-[n+]2[c-]n(-c3[c-]c(Oc4[c-]c5c(cc4)c4cc(C(C)(C)c6ccccc6)ccc4n5-c4cc(C(C)(C)C)ccn4)cc(-c4ccccc4)c3)c(C(C)(C)c3ccccc3)c2C(C)(C)c2ccccc2)c1.[Pt]. The Bertz CT molecular complexity index is 4350. The minimum atomic E-state index is -0.577. The van der Waals surface area contributed by atoms with E-state index in [4.69, 9.17) is 9.72 Å². The van der Waals surface area contributed by atoms with Crippen LogP contribution >= 0.6 is 0 Å². The Morgan fingerprint density at radius 3 is 1.53 bits per heavy atom. The molecule has 85 heavy (non-hydrogen) atoms. The predicted octanol–water partition coefficient (Wildman–Crippen LogP) is 19.3. The summed E-state index contributed by atoms with van der Waals surface area (Å²) in [5, 5.41) is 2.19. The van der Waals surface area contributed by atoms with Gasteiger partial charge in [-0.2, -0.15) is 12.1 Å². The molecule has 0 fully saturated rings. The second-order valence-corrected chi connectivity index (χ2v) is 26.2. The summed E-state index contributed by atoms with van der Waals surface area (Å²) < 4.78 is 14.1. The fourth-order valence-corrected chi connectivity index (χ4v) is 12.1. The molecule has 428 valence electrons. The van der Waals surface area contributed by atoms with Crippen molar-refractivity contribution in [1.29, 1.82) is 0 Å². The Morgan fingerprint density at radius 1 is 0.412 bits per heavy atom. The van der Waals surface area contributed by atoms with Gasteiger partial charge in [0, 0.05) is 60.5 Å². The van der Waals surface area contributed by atoms with Crippen molar-refractivity contribution in [3.8, 4) is 50.9 Å². The number of fused-ring (bicyclic) bond motifs is 3. The van der Waals surface area contributed by atoms with Crippen LogP contribution in [0.15, 0.2) is 231 Å². The first-order valence-corrected chi connectivity index (χ1v) is 29.4. The third-order valence-electron chi connectivity index (χ3n) is 17.3. The first-order chi connectivity index (χ1) is 40.2. The fraction of sp³-hybridized carbons (Fsp3) is 0.215. The van der Waals surface area contributed by atoms with Crippen molar-refractivity contribution in [2.45, 2.75) is 110 Å². The van der Waals surface area contributed by atoms with E-state index in [0.717, 1.165) is 72.6 Å². The number of ether oxygens (including phenoxy) is 1. The second kappa shape index (κ2) is 22.6. The molecular formula is C79H74N4OPt-2. The van der Waals surface area contributed by atoms with Gasteiger partial charge in [-0.15, -0.1) is 35.2 Å². The molecule has 0 N–H and O–H groups in total. The van der Waals surface area contributed by atoms with Crippen LogP contribution in [0.5, 0.6) is 11.5 Å². The van der Waals surface area contributed by atoms with E-state index in [1.54, 1.807) is 0 Å². The van der Waals surface area contributed by atoms with Gasteiger partial charge in [-0.3, -0.25) is 4.57 Å². The van der Waals surface area contributed by atoms with Gasteiger partial charge in [0.2, 0.25) is 0 Å². The molecule has 0 saturated heterocycles. The van der Waals surface area contributed by atoms with Crippen molar-refractivity contribution < 1.29 is 30.4 Å². The molecule has 6 heteroatoms. The maximum absolute atomic E-state index is 7.22. The molecule has 3 aromatic heterocycles. The zero-order chi connectivity index (χ0) is 58.8. The van der Waals surface area contributed by atoms with Crippen LogP contribution in [0.1, 0.15) is 128 Å². The van der Waals surface area contributed by atoms with Crippen molar-refractivity contribution >= 4 is 21.8 Å². The minimum absolute atomic E-state index is 0. The zero-order valence-electron chi connectivity index (χ0n) is 51.0. The second-order valence-electron chi connectivity index (χ2n) is 26.2. The molecule has 0 aliphatic carbocycles. The van der Waals surface area contributed by atoms with Crippen molar-refractivity contribution in [3.63, 3.8) is 0 Å². The van der Waals surface area contributed by atoms with Gasteiger partial charge in [-0.25, -0.2) is 4.98 Å². The van der Waals surface area contributed by atoms with Crippen molar-refractivity contribution in [2.75, 3.05) is 0 Å². The van der Waals surface area contributed by atoms with Crippen LogP contribution < -0.4 is 9.30 Å². The van der Waals surface area contributed by atoms with Crippen LogP contribution in [0.4, 0.5) is 0 Å². The number of pyridine rings is 1. The predicted molar refractivity (Wildman–Crippen MR) is 346 cm³/mol. The molecule has 0 bridgehead atoms. The van der Waals surface area contributed by atoms with Gasteiger partial charge in [0.1, 0.15) is 5.82 Å². The summed E-state index contributed by atoms with van der Waals surface area (Å²) in [4.78, 5) is 5.06. The number of hydrogen-bond acceptors (Lipinski definition) is 2. The van der Waals surface area contributed by atoms with Crippen molar-refractivity contribution in [2.24, 2.45) is 0 Å². The summed E-state index contributed by atoms with van der Waals surface area (Å²) in [6.45, 7) is 27.6. The molecule has 3 heterocycles. The topological polar surface area (TPSA) is 35.9 Å². The fourth-order valence-electron chi connectivity index (χ4n) is 12.1. The molecule has 0 radical (unpaired) electrons. The molecule has 0 amide bonds. The van der Waals surface area contributed by atoms with Gasteiger partial charge in [0.25, 0.3) is 6.33 Å². The number of nitrogens with zero attached hydrogens (tertiary/aromatic N) is 4. The number of benzene rings is 9. The summed E-state index contributed by atoms with van der Waals surface area (Å²) in [6, 6.07) is 88.4. The molecule has 0 atom stereocenters. The number of imidazole rings is 1. The van der Waals surface area contributed by atoms with Gasteiger partial charge >= 0.3 is 0 Å². The molecule has 0 aliphatic heterocycles. The summed E-state index contributed by atoms with van der Waals surface area (Å²) in [6.07, 6.45) is 6.02. The number of aromatic nitrogens is 4. The quantitative estimate of drug-likeness (QED) is 0.0852. The molecule has 0 saturated carbocycles. The Balaban J connectivity index is 0.00000752. The summed E-state index contributed by atoms with van der Waals surface area (Å²) >= 11 is 0. The molecular weight excluding hydrogens is 1220 g/mol. The third-order valence-corrected chi connectivity index (χ3v) is 17.3. The van der Waals surface area contributed by atoms with Gasteiger partial charge in [0.05, 0.1) is 17.1 Å². The Labute approximate surface area is 518 Å². The molecule has 0 spiro atoms. The molecule has 0 aliphatic rings. The zero-order valence-corrected chi connectivity index (χ0v) is 53.2. The first kappa shape index (κ1) is 58.4. The van der Waals surface area contributed by atoms with Crippen molar-refractivity contribution in [1.82, 2.24) is 14.1 Å². The van der Waals surface area contributed by atoms with E-state index >= 15 is 0 Å². The monoisotopic (exact) mass is 1290 g/mol. The van der Waals surface area contributed by atoms with E-state index in [-0.39, 0.29) is 37.3 Å². The summed E-state index contributed by atoms with van der Waals surface area (Å²) in [5.74, 6) is 1.94. The van der Waals surface area contributed by atoms with E-state index in [1.807, 2.05) is 6.20 Å². The molecule has 0 unspecified atom stereocenters. The summed E-state index contributed by atoms with van der Waals surface area (Å²) in [7, 11) is 0. The van der Waals surface area contributed by atoms with Gasteiger partial charge < -0.3 is 13.9 Å². The Kier molecular flexibility index (Phi) is 15.5. The van der Waals surface area contributed by atoms with Gasteiger partial charge in [0.15, 0.2) is 0 Å². The van der Waals surface area contributed by atoms with Crippen LogP contribution in [0.3, 0.4) is 0 Å². The average molecular weight is 1290 g/mol. The van der Waals surface area contributed by atoms with Gasteiger partial charge in [-0.1, -0.05) is 258 Å². The van der Waals surface area contributed by atoms with Crippen LogP contribution in [-0.4, -0.2) is 14.1 Å². The summed E-state index contributed by atoms with van der Waals surface area (Å²) in [5.41, 5.74) is 15.9. The van der Waals surface area contributed by atoms with E-state index < -0.39 is 10.8 Å². The standard InChI is InChI=1S/C79H74N4O.Pt/c1-75(2,3)61-42-43-80-72(50-61)83-70-41-38-62(77(7,8)58-32-22-15-23-33-58)49-69(70)68-40-39-66(52-71(68)83)84-67-47-57(55-30-20-14-21-31-55)46-65(51-67)82-53-81(64-45-56(54-28-18-13-19-29-54)44-63(48-64)76(4,5)6)73(78(9,10)59-34-24-16-25-35-59)74(82)79(11,12)60-36-26-17-27-37-60;/h13-50H,1-12H3;/q-2;. The van der Waals surface area contributed by atoms with Gasteiger partial charge in [-0.05, 0) is 102 Å². The largest absolute Gasteiger partial charge is 0.510 e.